The number of piperidine rings is 1. The number of hydrogen-bond acceptors (Lipinski definition) is 5. The fourth-order valence-corrected chi connectivity index (χ4v) is 4.17. The van der Waals surface area contributed by atoms with Gasteiger partial charge in [-0.15, -0.1) is 0 Å². The van der Waals surface area contributed by atoms with Crippen LogP contribution in [0.4, 0.5) is 0 Å². The average molecular weight is 364 g/mol. The van der Waals surface area contributed by atoms with Crippen LogP contribution >= 0.6 is 0 Å². The highest BCUT2D eigenvalue weighted by Crippen LogP contribution is 2.31. The van der Waals surface area contributed by atoms with Gasteiger partial charge in [-0.2, -0.15) is 0 Å². The van der Waals surface area contributed by atoms with E-state index < -0.39 is 0 Å². The number of rotatable bonds is 6. The van der Waals surface area contributed by atoms with Crippen molar-refractivity contribution in [2.45, 2.75) is 31.4 Å². The van der Waals surface area contributed by atoms with E-state index in [1.54, 1.807) is 7.05 Å². The smallest absolute Gasteiger partial charge is 0.267 e. The second kappa shape index (κ2) is 8.99. The van der Waals surface area contributed by atoms with Crippen molar-refractivity contribution in [3.8, 4) is 0 Å². The van der Waals surface area contributed by atoms with Gasteiger partial charge in [0.2, 0.25) is 0 Å². The van der Waals surface area contributed by atoms with Crippen molar-refractivity contribution in [3.63, 3.8) is 0 Å². The van der Waals surface area contributed by atoms with Gasteiger partial charge in [-0.1, -0.05) is 6.42 Å². The molecule has 2 atom stereocenters. The van der Waals surface area contributed by atoms with Crippen LogP contribution in [0.15, 0.2) is 12.1 Å². The van der Waals surface area contributed by atoms with Crippen LogP contribution in [-0.2, 0) is 11.8 Å². The van der Waals surface area contributed by atoms with E-state index in [-0.39, 0.29) is 18.1 Å². The maximum absolute atomic E-state index is 12.0. The predicted molar refractivity (Wildman–Crippen MR) is 100 cm³/mol. The van der Waals surface area contributed by atoms with Crippen molar-refractivity contribution < 1.29 is 14.6 Å². The quantitative estimate of drug-likeness (QED) is 0.774. The third kappa shape index (κ3) is 4.46. The summed E-state index contributed by atoms with van der Waals surface area (Å²) in [6, 6.07) is 4.21. The van der Waals surface area contributed by atoms with Gasteiger partial charge < -0.3 is 19.7 Å². The Morgan fingerprint density at radius 1 is 1.27 bits per heavy atom. The lowest BCUT2D eigenvalue weighted by Gasteiger charge is -2.38. The van der Waals surface area contributed by atoms with Gasteiger partial charge in [-0.3, -0.25) is 14.6 Å². The van der Waals surface area contributed by atoms with Crippen LogP contribution in [0.3, 0.4) is 0 Å². The zero-order chi connectivity index (χ0) is 18.5. The number of ether oxygens (including phenoxy) is 1. The summed E-state index contributed by atoms with van der Waals surface area (Å²) in [5.74, 6) is -0.0616. The molecule has 1 amide bonds. The number of amides is 1. The molecule has 0 aromatic carbocycles. The molecule has 2 aliphatic heterocycles. The molecule has 7 nitrogen and oxygen atoms in total. The topological polar surface area (TPSA) is 70.0 Å². The number of nitrogens with zero attached hydrogens (tertiary/aromatic N) is 3. The number of likely N-dealkylation sites (tertiary alicyclic amines) is 1. The molecular formula is C19H32N4O3. The fourth-order valence-electron chi connectivity index (χ4n) is 4.17. The molecule has 2 N–H and O–H groups in total. The van der Waals surface area contributed by atoms with Crippen molar-refractivity contribution in [1.82, 2.24) is 19.7 Å². The van der Waals surface area contributed by atoms with Gasteiger partial charge in [0.25, 0.3) is 5.91 Å². The van der Waals surface area contributed by atoms with E-state index >= 15 is 0 Å². The summed E-state index contributed by atoms with van der Waals surface area (Å²) in [6.07, 6.45) is 3.04. The highest BCUT2D eigenvalue weighted by Gasteiger charge is 2.29. The molecule has 2 fully saturated rings. The maximum Gasteiger partial charge on any atom is 0.267 e. The molecule has 1 aromatic rings. The Morgan fingerprint density at radius 2 is 2.04 bits per heavy atom. The van der Waals surface area contributed by atoms with Crippen molar-refractivity contribution in [1.29, 1.82) is 0 Å². The molecule has 3 heterocycles. The van der Waals surface area contributed by atoms with Crippen molar-refractivity contribution in [3.05, 3.63) is 23.5 Å². The third-order valence-corrected chi connectivity index (χ3v) is 5.59. The molecule has 2 saturated heterocycles. The summed E-state index contributed by atoms with van der Waals surface area (Å²) < 4.78 is 7.38. The van der Waals surface area contributed by atoms with Crippen LogP contribution < -0.4 is 5.32 Å². The van der Waals surface area contributed by atoms with E-state index in [9.17, 15) is 9.90 Å². The highest BCUT2D eigenvalue weighted by molar-refractivity contribution is 5.92. The first-order chi connectivity index (χ1) is 12.6. The zero-order valence-corrected chi connectivity index (χ0v) is 16.0. The van der Waals surface area contributed by atoms with Crippen LogP contribution in [-0.4, -0.2) is 84.5 Å². The van der Waals surface area contributed by atoms with E-state index in [0.29, 0.717) is 18.8 Å². The minimum Gasteiger partial charge on any atom is -0.390 e. The predicted octanol–water partition coefficient (Wildman–Crippen LogP) is 0.605. The molecule has 3 rings (SSSR count). The zero-order valence-electron chi connectivity index (χ0n) is 16.0. The molecule has 0 spiro atoms. The molecule has 2 aliphatic rings. The monoisotopic (exact) mass is 364 g/mol. The van der Waals surface area contributed by atoms with Gasteiger partial charge in [0.05, 0.1) is 25.4 Å². The molecule has 0 bridgehead atoms. The Hall–Kier alpha value is -1.41. The van der Waals surface area contributed by atoms with Crippen LogP contribution in [0.1, 0.15) is 41.5 Å². The number of morpholine rings is 1. The van der Waals surface area contributed by atoms with Gasteiger partial charge in [0.15, 0.2) is 0 Å². The molecule has 0 radical (unpaired) electrons. The summed E-state index contributed by atoms with van der Waals surface area (Å²) >= 11 is 0. The van der Waals surface area contributed by atoms with E-state index in [2.05, 4.69) is 21.2 Å². The van der Waals surface area contributed by atoms with Crippen LogP contribution in [0, 0.1) is 0 Å². The lowest BCUT2D eigenvalue weighted by Crippen LogP contribution is -2.46. The SMILES string of the molecule is CNC(=O)c1ccc([C@@H]2CCCCN2C[C@H](O)CN2CCOCC2)n1C. The average Bonchev–Trinajstić information content (AvgIpc) is 3.03. The van der Waals surface area contributed by atoms with E-state index in [1.807, 2.05) is 17.7 Å². The molecule has 7 heteroatoms. The molecular weight excluding hydrogens is 332 g/mol. The highest BCUT2D eigenvalue weighted by atomic mass is 16.5. The van der Waals surface area contributed by atoms with Gasteiger partial charge in [0.1, 0.15) is 5.69 Å². The molecule has 1 aromatic heterocycles. The Bertz CT molecular complexity index is 598. The maximum atomic E-state index is 12.0. The third-order valence-electron chi connectivity index (χ3n) is 5.59. The van der Waals surface area contributed by atoms with Crippen molar-refractivity contribution in [2.24, 2.45) is 7.05 Å². The number of aromatic nitrogens is 1. The van der Waals surface area contributed by atoms with Crippen molar-refractivity contribution >= 4 is 5.91 Å². The summed E-state index contributed by atoms with van der Waals surface area (Å²) in [4.78, 5) is 16.7. The van der Waals surface area contributed by atoms with Gasteiger partial charge in [-0.05, 0) is 31.5 Å². The first kappa shape index (κ1) is 19.4. The van der Waals surface area contributed by atoms with Gasteiger partial charge in [0, 0.05) is 46.0 Å². The van der Waals surface area contributed by atoms with Gasteiger partial charge in [-0.25, -0.2) is 0 Å². The minimum absolute atomic E-state index is 0.0616. The number of nitrogens with one attached hydrogen (secondary N) is 1. The summed E-state index contributed by atoms with van der Waals surface area (Å²) in [5, 5.41) is 13.3. The van der Waals surface area contributed by atoms with E-state index in [1.165, 1.54) is 6.42 Å². The Kier molecular flexibility index (Phi) is 6.69. The van der Waals surface area contributed by atoms with Crippen LogP contribution in [0.2, 0.25) is 0 Å². The summed E-state index contributed by atoms with van der Waals surface area (Å²) in [6.45, 7) is 5.66. The largest absolute Gasteiger partial charge is 0.390 e. The standard InChI is InChI=1S/C19H32N4O3/c1-20-19(25)18-7-6-16(21(18)2)17-5-3-4-8-23(17)14-15(24)13-22-9-11-26-12-10-22/h6-7,15,17,24H,3-5,8-14H2,1-2H3,(H,20,25)/t15-,17+/m1/s1. The normalized spacial score (nSPS) is 23.7. The Morgan fingerprint density at radius 3 is 2.77 bits per heavy atom. The minimum atomic E-state index is -0.368. The number of hydrogen-bond donors (Lipinski definition) is 2. The second-order valence-electron chi connectivity index (χ2n) is 7.35. The number of β-amino-alcohol motifs (C(OH)–C–C–N with tert-alkyl or cyclic N) is 1. The first-order valence-corrected chi connectivity index (χ1v) is 9.70. The molecule has 146 valence electrons. The fraction of sp³-hybridized carbons (Fsp3) is 0.737. The lowest BCUT2D eigenvalue weighted by molar-refractivity contribution is -0.00103. The molecule has 0 unspecified atom stereocenters. The second-order valence-corrected chi connectivity index (χ2v) is 7.35. The Labute approximate surface area is 155 Å². The molecule has 0 saturated carbocycles. The van der Waals surface area contributed by atoms with E-state index in [4.69, 9.17) is 4.74 Å². The number of aliphatic hydroxyl groups excluding tert-OH is 1. The van der Waals surface area contributed by atoms with Gasteiger partial charge >= 0.3 is 0 Å². The van der Waals surface area contributed by atoms with E-state index in [0.717, 1.165) is 51.4 Å². The molecule has 26 heavy (non-hydrogen) atoms. The Balaban J connectivity index is 1.66. The first-order valence-electron chi connectivity index (χ1n) is 9.70. The summed E-state index contributed by atoms with van der Waals surface area (Å²) in [7, 11) is 3.61. The van der Waals surface area contributed by atoms with Crippen LogP contribution in [0.25, 0.3) is 0 Å². The number of aliphatic hydroxyl groups is 1. The lowest BCUT2D eigenvalue weighted by atomic mass is 9.98. The van der Waals surface area contributed by atoms with Crippen LogP contribution in [0.5, 0.6) is 0 Å². The summed E-state index contributed by atoms with van der Waals surface area (Å²) in [5.41, 5.74) is 1.84. The van der Waals surface area contributed by atoms with Crippen molar-refractivity contribution in [2.75, 3.05) is 53.0 Å². The molecule has 0 aliphatic carbocycles. The number of carbonyl (C=O) groups excluding carboxylic acids is 1. The number of carbonyl (C=O) groups is 1.